The summed E-state index contributed by atoms with van der Waals surface area (Å²) < 4.78 is 41.3. The minimum Gasteiger partial charge on any atom is -0.468 e. The number of alkyl halides is 3. The normalized spacial score (nSPS) is 11.5. The van der Waals surface area contributed by atoms with Gasteiger partial charge in [0.15, 0.2) is 0 Å². The second-order valence-electron chi connectivity index (χ2n) is 2.92. The Morgan fingerprint density at radius 1 is 1.53 bits per heavy atom. The van der Waals surface area contributed by atoms with Gasteiger partial charge in [-0.05, 0) is 6.92 Å². The molecule has 0 atom stereocenters. The Morgan fingerprint density at radius 2 is 2.13 bits per heavy atom. The zero-order valence-corrected chi connectivity index (χ0v) is 8.13. The molecule has 0 saturated carbocycles. The van der Waals surface area contributed by atoms with Gasteiger partial charge in [-0.1, -0.05) is 0 Å². The summed E-state index contributed by atoms with van der Waals surface area (Å²) in [4.78, 5) is 14.9. The largest absolute Gasteiger partial charge is 0.468 e. The third-order valence-corrected chi connectivity index (χ3v) is 1.62. The van der Waals surface area contributed by atoms with E-state index in [-0.39, 0.29) is 6.01 Å². The lowest BCUT2D eigenvalue weighted by Gasteiger charge is -2.12. The summed E-state index contributed by atoms with van der Waals surface area (Å²) in [7, 11) is 1.16. The summed E-state index contributed by atoms with van der Waals surface area (Å²) in [5.41, 5.74) is -0.466. The highest BCUT2D eigenvalue weighted by atomic mass is 19.4. The number of hydrogen-bond donors (Lipinski definition) is 0. The summed E-state index contributed by atoms with van der Waals surface area (Å²) >= 11 is 0. The quantitative estimate of drug-likeness (QED) is 0.753. The van der Waals surface area contributed by atoms with Gasteiger partial charge in [0.25, 0.3) is 11.6 Å². The predicted octanol–water partition coefficient (Wildman–Crippen LogP) is 1.12. The van der Waals surface area contributed by atoms with E-state index in [2.05, 4.69) is 9.72 Å². The molecule has 0 bridgehead atoms. The maximum Gasteiger partial charge on any atom is 0.406 e. The molecule has 4 nitrogen and oxygen atoms in total. The van der Waals surface area contributed by atoms with Gasteiger partial charge in [-0.25, -0.2) is 4.98 Å². The zero-order chi connectivity index (χ0) is 11.6. The molecule has 0 spiro atoms. The van der Waals surface area contributed by atoms with Gasteiger partial charge in [0.1, 0.15) is 6.54 Å². The van der Waals surface area contributed by atoms with E-state index in [1.165, 1.54) is 6.92 Å². The van der Waals surface area contributed by atoms with Gasteiger partial charge >= 0.3 is 6.18 Å². The molecule has 1 aromatic heterocycles. The Bertz CT molecular complexity index is 411. The Morgan fingerprint density at radius 3 is 2.60 bits per heavy atom. The molecule has 1 heterocycles. The summed E-state index contributed by atoms with van der Waals surface area (Å²) in [5.74, 6) is 0. The van der Waals surface area contributed by atoms with E-state index in [0.29, 0.717) is 10.3 Å². The van der Waals surface area contributed by atoms with Crippen molar-refractivity contribution in [2.45, 2.75) is 19.6 Å². The summed E-state index contributed by atoms with van der Waals surface area (Å²) in [6.07, 6.45) is -4.48. The smallest absolute Gasteiger partial charge is 0.406 e. The van der Waals surface area contributed by atoms with Crippen molar-refractivity contribution in [2.75, 3.05) is 7.11 Å². The highest BCUT2D eigenvalue weighted by molar-refractivity contribution is 5.06. The van der Waals surface area contributed by atoms with E-state index < -0.39 is 18.3 Å². The second-order valence-corrected chi connectivity index (χ2v) is 2.92. The van der Waals surface area contributed by atoms with E-state index in [1.54, 1.807) is 0 Å². The number of hydrogen-bond acceptors (Lipinski definition) is 3. The molecule has 15 heavy (non-hydrogen) atoms. The van der Waals surface area contributed by atoms with Gasteiger partial charge in [0.05, 0.1) is 7.11 Å². The molecule has 0 fully saturated rings. The van der Waals surface area contributed by atoms with Crippen LogP contribution in [0.2, 0.25) is 0 Å². The van der Waals surface area contributed by atoms with Crippen LogP contribution in [0.15, 0.2) is 10.9 Å². The Kier molecular flexibility index (Phi) is 3.01. The Balaban J connectivity index is 3.22. The van der Waals surface area contributed by atoms with E-state index >= 15 is 0 Å². The van der Waals surface area contributed by atoms with Crippen molar-refractivity contribution in [3.8, 4) is 6.01 Å². The van der Waals surface area contributed by atoms with Crippen LogP contribution in [0.25, 0.3) is 0 Å². The third kappa shape index (κ3) is 2.97. The number of ether oxygens (including phenoxy) is 1. The molecular weight excluding hydrogens is 213 g/mol. The van der Waals surface area contributed by atoms with Crippen LogP contribution < -0.4 is 10.3 Å². The lowest BCUT2D eigenvalue weighted by atomic mass is 10.4. The van der Waals surface area contributed by atoms with Gasteiger partial charge in [0.2, 0.25) is 0 Å². The van der Waals surface area contributed by atoms with Crippen molar-refractivity contribution >= 4 is 0 Å². The summed E-state index contributed by atoms with van der Waals surface area (Å²) in [6.45, 7) is 0.101. The third-order valence-electron chi connectivity index (χ3n) is 1.62. The molecule has 0 aliphatic heterocycles. The zero-order valence-electron chi connectivity index (χ0n) is 8.13. The van der Waals surface area contributed by atoms with Gasteiger partial charge in [0, 0.05) is 11.8 Å². The minimum absolute atomic E-state index is 0.315. The number of rotatable bonds is 2. The van der Waals surface area contributed by atoms with E-state index in [0.717, 1.165) is 13.2 Å². The molecule has 1 aromatic rings. The highest BCUT2D eigenvalue weighted by Crippen LogP contribution is 2.18. The van der Waals surface area contributed by atoms with Crippen molar-refractivity contribution in [1.82, 2.24) is 9.55 Å². The topological polar surface area (TPSA) is 44.1 Å². The maximum atomic E-state index is 12.1. The molecule has 1 rings (SSSR count). The van der Waals surface area contributed by atoms with Crippen LogP contribution in [0, 0.1) is 6.92 Å². The molecule has 0 saturated heterocycles. The SMILES string of the molecule is COc1nc(C)cc(=O)n1CC(F)(F)F. The molecule has 84 valence electrons. The first kappa shape index (κ1) is 11.5. The molecule has 0 amide bonds. The van der Waals surface area contributed by atoms with Gasteiger partial charge in [-0.2, -0.15) is 13.2 Å². The Labute approximate surface area is 83.3 Å². The standard InChI is InChI=1S/C8H9F3N2O2/c1-5-3-6(14)13(4-8(9,10)11)7(12-5)15-2/h3H,4H2,1-2H3. The summed E-state index contributed by atoms with van der Waals surface area (Å²) in [6, 6.07) is 0.686. The first-order valence-corrected chi connectivity index (χ1v) is 4.03. The number of aryl methyl sites for hydroxylation is 1. The van der Waals surface area contributed by atoms with E-state index in [1.807, 2.05) is 0 Å². The van der Waals surface area contributed by atoms with Crippen LogP contribution in [-0.4, -0.2) is 22.8 Å². The van der Waals surface area contributed by atoms with Crippen molar-refractivity contribution in [2.24, 2.45) is 0 Å². The lowest BCUT2D eigenvalue weighted by Crippen LogP contribution is -2.29. The van der Waals surface area contributed by atoms with Crippen LogP contribution in [0.3, 0.4) is 0 Å². The molecule has 0 aliphatic rings. The first-order chi connectivity index (χ1) is 6.83. The average molecular weight is 222 g/mol. The first-order valence-electron chi connectivity index (χ1n) is 4.03. The predicted molar refractivity (Wildman–Crippen MR) is 45.8 cm³/mol. The monoisotopic (exact) mass is 222 g/mol. The van der Waals surface area contributed by atoms with E-state index in [9.17, 15) is 18.0 Å². The number of halogens is 3. The van der Waals surface area contributed by atoms with Crippen molar-refractivity contribution in [1.29, 1.82) is 0 Å². The number of nitrogens with zero attached hydrogens (tertiary/aromatic N) is 2. The summed E-state index contributed by atoms with van der Waals surface area (Å²) in [5, 5.41) is 0. The average Bonchev–Trinajstić information content (AvgIpc) is 2.07. The Hall–Kier alpha value is -1.53. The lowest BCUT2D eigenvalue weighted by molar-refractivity contribution is -0.142. The van der Waals surface area contributed by atoms with Gasteiger partial charge in [-0.15, -0.1) is 0 Å². The molecule has 0 aromatic carbocycles. The highest BCUT2D eigenvalue weighted by Gasteiger charge is 2.30. The minimum atomic E-state index is -4.48. The second kappa shape index (κ2) is 3.92. The van der Waals surface area contributed by atoms with Gasteiger partial charge < -0.3 is 4.74 Å². The van der Waals surface area contributed by atoms with Crippen molar-refractivity contribution in [3.05, 3.63) is 22.1 Å². The van der Waals surface area contributed by atoms with Crippen LogP contribution >= 0.6 is 0 Å². The van der Waals surface area contributed by atoms with Crippen LogP contribution in [-0.2, 0) is 6.54 Å². The molecule has 0 radical (unpaired) electrons. The van der Waals surface area contributed by atoms with E-state index in [4.69, 9.17) is 0 Å². The van der Waals surface area contributed by atoms with Crippen molar-refractivity contribution in [3.63, 3.8) is 0 Å². The molecule has 0 aliphatic carbocycles. The molecular formula is C8H9F3N2O2. The maximum absolute atomic E-state index is 12.1. The molecule has 0 unspecified atom stereocenters. The molecule has 7 heteroatoms. The van der Waals surface area contributed by atoms with Crippen LogP contribution in [0.1, 0.15) is 5.69 Å². The van der Waals surface area contributed by atoms with Crippen LogP contribution in [0.5, 0.6) is 6.01 Å². The van der Waals surface area contributed by atoms with Crippen LogP contribution in [0.4, 0.5) is 13.2 Å². The fraction of sp³-hybridized carbons (Fsp3) is 0.500. The number of aromatic nitrogens is 2. The van der Waals surface area contributed by atoms with Gasteiger partial charge in [-0.3, -0.25) is 9.36 Å². The number of methoxy groups -OCH3 is 1. The fourth-order valence-electron chi connectivity index (χ4n) is 1.08. The molecule has 0 N–H and O–H groups in total. The fourth-order valence-corrected chi connectivity index (χ4v) is 1.08. The van der Waals surface area contributed by atoms with Crippen molar-refractivity contribution < 1.29 is 17.9 Å².